The first-order chi connectivity index (χ1) is 15.4. The van der Waals surface area contributed by atoms with Gasteiger partial charge in [0, 0.05) is 23.5 Å². The summed E-state index contributed by atoms with van der Waals surface area (Å²) in [7, 11) is -3.66. The second-order valence-electron chi connectivity index (χ2n) is 7.77. The molecule has 32 heavy (non-hydrogen) atoms. The predicted molar refractivity (Wildman–Crippen MR) is 125 cm³/mol. The molecule has 4 rings (SSSR count). The summed E-state index contributed by atoms with van der Waals surface area (Å²) in [5.41, 5.74) is 0. The molecule has 6 nitrogen and oxygen atoms in total. The van der Waals surface area contributed by atoms with E-state index in [1.54, 1.807) is 12.1 Å². The molecule has 1 heterocycles. The zero-order chi connectivity index (χ0) is 22.6. The molecule has 0 radical (unpaired) electrons. The number of ether oxygens (including phenoxy) is 1. The minimum absolute atomic E-state index is 0.150. The maximum atomic E-state index is 12.9. The summed E-state index contributed by atoms with van der Waals surface area (Å²) < 4.78 is 33.1. The van der Waals surface area contributed by atoms with E-state index in [0.717, 1.165) is 16.5 Å². The maximum Gasteiger partial charge on any atom is 0.243 e. The predicted octanol–water partition coefficient (Wildman–Crippen LogP) is 4.09. The summed E-state index contributed by atoms with van der Waals surface area (Å²) >= 11 is 5.87. The minimum Gasteiger partial charge on any atom is -0.491 e. The van der Waals surface area contributed by atoms with Gasteiger partial charge in [-0.3, -0.25) is 4.79 Å². The van der Waals surface area contributed by atoms with Crippen LogP contribution in [0.25, 0.3) is 10.8 Å². The number of rotatable bonds is 7. The molecule has 0 aromatic heterocycles. The molecule has 8 heteroatoms. The summed E-state index contributed by atoms with van der Waals surface area (Å²) in [6.45, 7) is 1.25. The maximum absolute atomic E-state index is 12.9. The first-order valence-corrected chi connectivity index (χ1v) is 12.4. The summed E-state index contributed by atoms with van der Waals surface area (Å²) in [5.74, 6) is 0.237. The van der Waals surface area contributed by atoms with Gasteiger partial charge in [0.2, 0.25) is 15.9 Å². The van der Waals surface area contributed by atoms with Gasteiger partial charge in [-0.1, -0.05) is 48.0 Å². The van der Waals surface area contributed by atoms with Gasteiger partial charge in [-0.15, -0.1) is 0 Å². The molecule has 1 saturated heterocycles. The van der Waals surface area contributed by atoms with Crippen molar-refractivity contribution in [3.05, 3.63) is 71.8 Å². The Labute approximate surface area is 193 Å². The van der Waals surface area contributed by atoms with Crippen molar-refractivity contribution in [3.63, 3.8) is 0 Å². The van der Waals surface area contributed by atoms with E-state index < -0.39 is 10.0 Å². The Balaban J connectivity index is 1.31. The number of hydrogen-bond acceptors (Lipinski definition) is 4. The highest BCUT2D eigenvalue weighted by molar-refractivity contribution is 7.89. The Morgan fingerprint density at radius 1 is 1.06 bits per heavy atom. The van der Waals surface area contributed by atoms with Crippen molar-refractivity contribution in [2.45, 2.75) is 17.7 Å². The van der Waals surface area contributed by atoms with Crippen molar-refractivity contribution >= 4 is 38.3 Å². The van der Waals surface area contributed by atoms with Gasteiger partial charge in [-0.25, -0.2) is 8.42 Å². The molecule has 1 aliphatic rings. The van der Waals surface area contributed by atoms with Crippen molar-refractivity contribution in [3.8, 4) is 5.75 Å². The third kappa shape index (κ3) is 5.06. The van der Waals surface area contributed by atoms with Crippen LogP contribution in [0.5, 0.6) is 5.75 Å². The van der Waals surface area contributed by atoms with Gasteiger partial charge in [0.25, 0.3) is 0 Å². The standard InChI is InChI=1S/C24H25ClN2O4S/c25-20-10-12-21(13-11-20)32(29,30)27-15-4-7-19(17-27)24(28)26-14-16-31-23-9-3-6-18-5-1-2-8-22(18)23/h1-3,5-6,8-13,19H,4,7,14-17H2,(H,26,28)/t19-/m1/s1. The monoisotopic (exact) mass is 472 g/mol. The molecule has 0 bridgehead atoms. The highest BCUT2D eigenvalue weighted by Crippen LogP contribution is 2.26. The molecule has 3 aromatic rings. The summed E-state index contributed by atoms with van der Waals surface area (Å²) in [4.78, 5) is 12.9. The van der Waals surface area contributed by atoms with Crippen molar-refractivity contribution in [1.29, 1.82) is 0 Å². The molecule has 0 saturated carbocycles. The highest BCUT2D eigenvalue weighted by Gasteiger charge is 2.33. The lowest BCUT2D eigenvalue weighted by Gasteiger charge is -2.31. The Morgan fingerprint density at radius 3 is 2.62 bits per heavy atom. The summed E-state index contributed by atoms with van der Waals surface area (Å²) in [5, 5.41) is 5.48. The van der Waals surface area contributed by atoms with Crippen LogP contribution >= 0.6 is 11.6 Å². The average Bonchev–Trinajstić information content (AvgIpc) is 2.82. The van der Waals surface area contributed by atoms with Crippen LogP contribution in [0.2, 0.25) is 5.02 Å². The molecule has 1 N–H and O–H groups in total. The largest absolute Gasteiger partial charge is 0.491 e. The fourth-order valence-electron chi connectivity index (χ4n) is 3.93. The van der Waals surface area contributed by atoms with Crippen LogP contribution in [-0.2, 0) is 14.8 Å². The molecule has 1 fully saturated rings. The molecule has 0 spiro atoms. The summed E-state index contributed by atoms with van der Waals surface area (Å²) in [6.07, 6.45) is 1.29. The fourth-order valence-corrected chi connectivity index (χ4v) is 5.58. The molecule has 1 atom stereocenters. The van der Waals surface area contributed by atoms with Gasteiger partial charge in [-0.05, 0) is 48.6 Å². The number of fused-ring (bicyclic) bond motifs is 1. The average molecular weight is 473 g/mol. The number of nitrogens with zero attached hydrogens (tertiary/aromatic N) is 1. The fraction of sp³-hybridized carbons (Fsp3) is 0.292. The zero-order valence-corrected chi connectivity index (χ0v) is 19.1. The molecular formula is C24H25ClN2O4S. The summed E-state index contributed by atoms with van der Waals surface area (Å²) in [6, 6.07) is 19.9. The number of amides is 1. The number of carbonyl (C=O) groups is 1. The van der Waals surface area contributed by atoms with E-state index in [1.165, 1.54) is 16.4 Å². The molecule has 0 aliphatic carbocycles. The molecule has 1 aliphatic heterocycles. The van der Waals surface area contributed by atoms with E-state index >= 15 is 0 Å². The van der Waals surface area contributed by atoms with Gasteiger partial charge in [0.1, 0.15) is 12.4 Å². The highest BCUT2D eigenvalue weighted by atomic mass is 35.5. The quantitative estimate of drug-likeness (QED) is 0.525. The van der Waals surface area contributed by atoms with Crippen LogP contribution in [-0.4, -0.2) is 44.9 Å². The van der Waals surface area contributed by atoms with Gasteiger partial charge in [0.15, 0.2) is 0 Å². The second-order valence-corrected chi connectivity index (χ2v) is 10.1. The van der Waals surface area contributed by atoms with E-state index in [-0.39, 0.29) is 23.3 Å². The molecule has 0 unspecified atom stereocenters. The molecule has 1 amide bonds. The number of piperidine rings is 1. The Morgan fingerprint density at radius 2 is 1.81 bits per heavy atom. The number of benzene rings is 3. The van der Waals surface area contributed by atoms with Gasteiger partial charge in [-0.2, -0.15) is 4.31 Å². The minimum atomic E-state index is -3.66. The first-order valence-electron chi connectivity index (χ1n) is 10.6. The zero-order valence-electron chi connectivity index (χ0n) is 17.5. The Bertz CT molecular complexity index is 1190. The molecular weight excluding hydrogens is 448 g/mol. The van der Waals surface area contributed by atoms with E-state index in [4.69, 9.17) is 16.3 Å². The molecule has 168 valence electrons. The van der Waals surface area contributed by atoms with Crippen molar-refractivity contribution in [2.24, 2.45) is 5.92 Å². The van der Waals surface area contributed by atoms with Crippen LogP contribution in [0.15, 0.2) is 71.6 Å². The van der Waals surface area contributed by atoms with Crippen LogP contribution in [0.4, 0.5) is 0 Å². The van der Waals surface area contributed by atoms with Gasteiger partial charge >= 0.3 is 0 Å². The van der Waals surface area contributed by atoms with E-state index in [9.17, 15) is 13.2 Å². The van der Waals surface area contributed by atoms with Crippen LogP contribution < -0.4 is 10.1 Å². The van der Waals surface area contributed by atoms with E-state index in [2.05, 4.69) is 5.32 Å². The number of halogens is 1. The van der Waals surface area contributed by atoms with E-state index in [0.29, 0.717) is 37.6 Å². The number of carbonyl (C=O) groups excluding carboxylic acids is 1. The lowest BCUT2D eigenvalue weighted by Crippen LogP contribution is -2.45. The van der Waals surface area contributed by atoms with Crippen LogP contribution in [0, 0.1) is 5.92 Å². The first kappa shape index (κ1) is 22.6. The van der Waals surface area contributed by atoms with Crippen LogP contribution in [0.3, 0.4) is 0 Å². The van der Waals surface area contributed by atoms with Crippen molar-refractivity contribution in [2.75, 3.05) is 26.2 Å². The topological polar surface area (TPSA) is 75.7 Å². The van der Waals surface area contributed by atoms with Crippen LogP contribution in [0.1, 0.15) is 12.8 Å². The Kier molecular flexibility index (Phi) is 6.98. The molecule has 3 aromatic carbocycles. The normalized spacial score (nSPS) is 17.2. The van der Waals surface area contributed by atoms with Crippen molar-refractivity contribution in [1.82, 2.24) is 9.62 Å². The lowest BCUT2D eigenvalue weighted by atomic mass is 9.99. The van der Waals surface area contributed by atoms with Crippen molar-refractivity contribution < 1.29 is 17.9 Å². The number of hydrogen-bond donors (Lipinski definition) is 1. The third-order valence-electron chi connectivity index (χ3n) is 5.61. The van der Waals surface area contributed by atoms with Gasteiger partial charge in [0.05, 0.1) is 17.4 Å². The second kappa shape index (κ2) is 9.90. The number of nitrogens with one attached hydrogen (secondary N) is 1. The third-order valence-corrected chi connectivity index (χ3v) is 7.75. The van der Waals surface area contributed by atoms with Gasteiger partial charge < -0.3 is 10.1 Å². The SMILES string of the molecule is O=C(NCCOc1cccc2ccccc12)[C@@H]1CCCN(S(=O)(=O)c2ccc(Cl)cc2)C1. The van der Waals surface area contributed by atoms with E-state index in [1.807, 2.05) is 42.5 Å². The smallest absolute Gasteiger partial charge is 0.243 e. The number of sulfonamides is 1. The Hall–Kier alpha value is -2.61. The lowest BCUT2D eigenvalue weighted by molar-refractivity contribution is -0.126.